The van der Waals surface area contributed by atoms with Crippen molar-refractivity contribution in [2.75, 3.05) is 12.3 Å². The molecule has 0 atom stereocenters. The molecule has 1 aromatic rings. The van der Waals surface area contributed by atoms with Crippen LogP contribution in [-0.2, 0) is 0 Å². The number of nitrogens with two attached hydrogens (primary N) is 1. The Morgan fingerprint density at radius 2 is 2.47 bits per heavy atom. The molecule has 1 aromatic heterocycles. The first-order valence-electron chi connectivity index (χ1n) is 4.46. The molecule has 0 amide bonds. The van der Waals surface area contributed by atoms with E-state index in [1.807, 2.05) is 13.0 Å². The van der Waals surface area contributed by atoms with Crippen molar-refractivity contribution in [1.29, 1.82) is 0 Å². The Morgan fingerprint density at radius 1 is 1.67 bits per heavy atom. The predicted octanol–water partition coefficient (Wildman–Crippen LogP) is 2.02. The highest BCUT2D eigenvalue weighted by Crippen LogP contribution is 2.08. The Balaban J connectivity index is 2.67. The van der Waals surface area contributed by atoms with E-state index in [1.54, 1.807) is 6.20 Å². The molecule has 1 rings (SSSR count). The van der Waals surface area contributed by atoms with Crippen molar-refractivity contribution < 1.29 is 0 Å². The predicted molar refractivity (Wildman–Crippen MR) is 58.9 cm³/mol. The van der Waals surface area contributed by atoms with Gasteiger partial charge in [0.1, 0.15) is 5.69 Å². The van der Waals surface area contributed by atoms with Gasteiger partial charge in [-0.1, -0.05) is 11.0 Å². The van der Waals surface area contributed by atoms with Gasteiger partial charge in [0.15, 0.2) is 0 Å². The standard InChI is InChI=1S/C10H11N5/c1-8-6-9(11)10(13-7-8)4-2-3-5-14-15-12/h6-7H,3,5,11H2,1H3. The van der Waals surface area contributed by atoms with Gasteiger partial charge >= 0.3 is 0 Å². The molecule has 0 saturated heterocycles. The van der Waals surface area contributed by atoms with Gasteiger partial charge in [0.2, 0.25) is 0 Å². The fourth-order valence-electron chi connectivity index (χ4n) is 0.993. The van der Waals surface area contributed by atoms with Gasteiger partial charge in [0.25, 0.3) is 0 Å². The summed E-state index contributed by atoms with van der Waals surface area (Å²) in [5.41, 5.74) is 15.9. The van der Waals surface area contributed by atoms with Gasteiger partial charge in [-0.05, 0) is 30.0 Å². The van der Waals surface area contributed by atoms with E-state index in [0.29, 0.717) is 24.3 Å². The maximum absolute atomic E-state index is 8.04. The third-order valence-corrected chi connectivity index (χ3v) is 1.66. The number of hydrogen-bond donors (Lipinski definition) is 1. The third kappa shape index (κ3) is 3.59. The van der Waals surface area contributed by atoms with Crippen LogP contribution in [0.15, 0.2) is 17.4 Å². The Kier molecular flexibility index (Phi) is 4.02. The van der Waals surface area contributed by atoms with Crippen LogP contribution in [0, 0.1) is 18.8 Å². The highest BCUT2D eigenvalue weighted by atomic mass is 15.1. The molecule has 0 saturated carbocycles. The number of aromatic nitrogens is 1. The molecule has 0 aromatic carbocycles. The minimum Gasteiger partial charge on any atom is -0.396 e. The maximum Gasteiger partial charge on any atom is 0.136 e. The summed E-state index contributed by atoms with van der Waals surface area (Å²) in [6, 6.07) is 1.82. The Bertz CT molecular complexity index is 449. The van der Waals surface area contributed by atoms with Crippen molar-refractivity contribution in [2.24, 2.45) is 5.11 Å². The van der Waals surface area contributed by atoms with Crippen molar-refractivity contribution in [1.82, 2.24) is 4.98 Å². The summed E-state index contributed by atoms with van der Waals surface area (Å²) in [7, 11) is 0. The van der Waals surface area contributed by atoms with Crippen molar-refractivity contribution in [3.63, 3.8) is 0 Å². The molecular weight excluding hydrogens is 190 g/mol. The number of hydrogen-bond acceptors (Lipinski definition) is 3. The van der Waals surface area contributed by atoms with Crippen LogP contribution < -0.4 is 5.73 Å². The topological polar surface area (TPSA) is 87.7 Å². The molecule has 15 heavy (non-hydrogen) atoms. The third-order valence-electron chi connectivity index (χ3n) is 1.66. The molecule has 0 aliphatic carbocycles. The van der Waals surface area contributed by atoms with E-state index in [9.17, 15) is 0 Å². The molecule has 0 aliphatic rings. The van der Waals surface area contributed by atoms with Crippen molar-refractivity contribution >= 4 is 5.69 Å². The quantitative estimate of drug-likeness (QED) is 0.261. The highest BCUT2D eigenvalue weighted by molar-refractivity contribution is 5.52. The van der Waals surface area contributed by atoms with Gasteiger partial charge in [-0.15, -0.1) is 0 Å². The summed E-state index contributed by atoms with van der Waals surface area (Å²) in [5, 5.41) is 3.37. The highest BCUT2D eigenvalue weighted by Gasteiger charge is 1.95. The van der Waals surface area contributed by atoms with Gasteiger partial charge in [-0.2, -0.15) is 0 Å². The Morgan fingerprint density at radius 3 is 3.13 bits per heavy atom. The maximum atomic E-state index is 8.04. The van der Waals surface area contributed by atoms with Gasteiger partial charge < -0.3 is 5.73 Å². The second-order valence-corrected chi connectivity index (χ2v) is 2.96. The zero-order valence-electron chi connectivity index (χ0n) is 8.44. The molecular formula is C10H11N5. The van der Waals surface area contributed by atoms with Crippen LogP contribution in [0.5, 0.6) is 0 Å². The van der Waals surface area contributed by atoms with E-state index in [4.69, 9.17) is 11.3 Å². The second kappa shape index (κ2) is 5.53. The lowest BCUT2D eigenvalue weighted by atomic mass is 10.2. The van der Waals surface area contributed by atoms with Gasteiger partial charge in [-0.3, -0.25) is 0 Å². The molecule has 1 heterocycles. The number of nitrogens with zero attached hydrogens (tertiary/aromatic N) is 4. The molecule has 0 aliphatic heterocycles. The summed E-state index contributed by atoms with van der Waals surface area (Å²) in [4.78, 5) is 6.72. The zero-order valence-corrected chi connectivity index (χ0v) is 8.44. The van der Waals surface area contributed by atoms with Gasteiger partial charge in [-0.25, -0.2) is 4.98 Å². The summed E-state index contributed by atoms with van der Waals surface area (Å²) in [6.45, 7) is 2.29. The van der Waals surface area contributed by atoms with E-state index in [-0.39, 0.29) is 0 Å². The van der Waals surface area contributed by atoms with E-state index in [1.165, 1.54) is 0 Å². The van der Waals surface area contributed by atoms with Crippen LogP contribution in [0.25, 0.3) is 10.4 Å². The van der Waals surface area contributed by atoms with E-state index >= 15 is 0 Å². The van der Waals surface area contributed by atoms with E-state index in [2.05, 4.69) is 26.9 Å². The lowest BCUT2D eigenvalue weighted by Crippen LogP contribution is -1.94. The fourth-order valence-corrected chi connectivity index (χ4v) is 0.993. The number of anilines is 1. The first-order chi connectivity index (χ1) is 7.24. The van der Waals surface area contributed by atoms with Crippen LogP contribution in [0.2, 0.25) is 0 Å². The Hall–Kier alpha value is -2.18. The molecule has 0 unspecified atom stereocenters. The molecule has 5 nitrogen and oxygen atoms in total. The molecule has 0 spiro atoms. The van der Waals surface area contributed by atoms with Crippen LogP contribution in [0.3, 0.4) is 0 Å². The number of pyridine rings is 1. The largest absolute Gasteiger partial charge is 0.396 e. The second-order valence-electron chi connectivity index (χ2n) is 2.96. The van der Waals surface area contributed by atoms with Gasteiger partial charge in [0.05, 0.1) is 5.69 Å². The normalized spacial score (nSPS) is 8.60. The summed E-state index contributed by atoms with van der Waals surface area (Å²) >= 11 is 0. The van der Waals surface area contributed by atoms with Crippen molar-refractivity contribution in [3.8, 4) is 11.8 Å². The average molecular weight is 201 g/mol. The molecule has 76 valence electrons. The van der Waals surface area contributed by atoms with Crippen LogP contribution in [0.1, 0.15) is 17.7 Å². The lowest BCUT2D eigenvalue weighted by Gasteiger charge is -1.97. The summed E-state index contributed by atoms with van der Waals surface area (Å²) in [6.07, 6.45) is 2.23. The SMILES string of the molecule is Cc1cnc(C#CCCN=[N+]=[N-])c(N)c1. The number of rotatable bonds is 2. The molecule has 0 radical (unpaired) electrons. The smallest absolute Gasteiger partial charge is 0.136 e. The zero-order chi connectivity index (χ0) is 11.1. The summed E-state index contributed by atoms with van der Waals surface area (Å²) in [5.74, 6) is 5.67. The first-order valence-corrected chi connectivity index (χ1v) is 4.46. The summed E-state index contributed by atoms with van der Waals surface area (Å²) < 4.78 is 0. The molecule has 5 heteroatoms. The Labute approximate surface area is 87.9 Å². The number of nitrogen functional groups attached to an aromatic ring is 1. The van der Waals surface area contributed by atoms with E-state index < -0.39 is 0 Å². The van der Waals surface area contributed by atoms with Crippen molar-refractivity contribution in [2.45, 2.75) is 13.3 Å². The minimum atomic E-state index is 0.370. The lowest BCUT2D eigenvalue weighted by molar-refractivity contribution is 1.01. The number of azide groups is 1. The molecule has 0 bridgehead atoms. The number of aryl methyl sites for hydroxylation is 1. The molecule has 0 fully saturated rings. The van der Waals surface area contributed by atoms with Crippen molar-refractivity contribution in [3.05, 3.63) is 34.0 Å². The first kappa shape index (κ1) is 10.9. The van der Waals surface area contributed by atoms with Crippen LogP contribution in [-0.4, -0.2) is 11.5 Å². The molecule has 2 N–H and O–H groups in total. The van der Waals surface area contributed by atoms with Gasteiger partial charge in [0, 0.05) is 24.1 Å². The fraction of sp³-hybridized carbons (Fsp3) is 0.300. The van der Waals surface area contributed by atoms with Crippen LogP contribution >= 0.6 is 0 Å². The van der Waals surface area contributed by atoms with E-state index in [0.717, 1.165) is 5.56 Å². The van der Waals surface area contributed by atoms with Crippen LogP contribution in [0.4, 0.5) is 5.69 Å². The average Bonchev–Trinajstić information content (AvgIpc) is 2.20. The monoisotopic (exact) mass is 201 g/mol. The minimum absolute atomic E-state index is 0.370.